The second-order valence-electron chi connectivity index (χ2n) is 10.6. The van der Waals surface area contributed by atoms with E-state index in [1.807, 2.05) is 0 Å². The van der Waals surface area contributed by atoms with E-state index in [4.69, 9.17) is 0 Å². The molecule has 0 saturated heterocycles. The molecular formula is C37H21Br. The van der Waals surface area contributed by atoms with Crippen LogP contribution in [0.2, 0.25) is 0 Å². The monoisotopic (exact) mass is 544 g/mol. The first-order valence-corrected chi connectivity index (χ1v) is 13.9. The number of hydrogen-bond donors (Lipinski definition) is 0. The van der Waals surface area contributed by atoms with Crippen LogP contribution >= 0.6 is 15.9 Å². The summed E-state index contributed by atoms with van der Waals surface area (Å²) in [6.07, 6.45) is 7.13. The quantitative estimate of drug-likeness (QED) is 0.169. The van der Waals surface area contributed by atoms with E-state index in [0.29, 0.717) is 0 Å². The first-order chi connectivity index (χ1) is 18.7. The molecule has 0 heterocycles. The Balaban J connectivity index is 1.51. The molecule has 6 aromatic rings. The van der Waals surface area contributed by atoms with Crippen molar-refractivity contribution in [3.8, 4) is 11.1 Å². The van der Waals surface area contributed by atoms with Crippen LogP contribution in [-0.4, -0.2) is 0 Å². The lowest BCUT2D eigenvalue weighted by atomic mass is 9.67. The van der Waals surface area contributed by atoms with Crippen molar-refractivity contribution in [2.75, 3.05) is 0 Å². The summed E-state index contributed by atoms with van der Waals surface area (Å²) in [5.41, 5.74) is 7.75. The van der Waals surface area contributed by atoms with E-state index >= 15 is 0 Å². The maximum Gasteiger partial charge on any atom is 0.0669 e. The van der Waals surface area contributed by atoms with Crippen LogP contribution in [0.25, 0.3) is 55.1 Å². The molecule has 0 aliphatic heterocycles. The van der Waals surface area contributed by atoms with Gasteiger partial charge in [-0.3, -0.25) is 0 Å². The molecule has 6 aromatic carbocycles. The van der Waals surface area contributed by atoms with Crippen molar-refractivity contribution in [1.29, 1.82) is 0 Å². The van der Waals surface area contributed by atoms with E-state index in [1.54, 1.807) is 0 Å². The van der Waals surface area contributed by atoms with E-state index in [9.17, 15) is 0 Å². The average molecular weight is 545 g/mol. The molecule has 0 nitrogen and oxygen atoms in total. The van der Waals surface area contributed by atoms with Crippen molar-refractivity contribution in [3.05, 3.63) is 153 Å². The standard InChI is InChI=1S/C37H21Br/c38-24-18-23-17-22-19-32-27-11-3-1-9-25(27)26-10-2-4-12-28(26)33(32)20-31(22)36(23)37(21-24)34-15-7-5-13-29(34)30-14-6-8-16-35(30)37/h1-21H. The Morgan fingerprint density at radius 2 is 1.00 bits per heavy atom. The Kier molecular flexibility index (Phi) is 3.95. The summed E-state index contributed by atoms with van der Waals surface area (Å²) < 4.78 is 1.13. The first-order valence-electron chi connectivity index (χ1n) is 13.1. The summed E-state index contributed by atoms with van der Waals surface area (Å²) in [5.74, 6) is 0. The van der Waals surface area contributed by atoms with Gasteiger partial charge < -0.3 is 0 Å². The highest BCUT2D eigenvalue weighted by Crippen LogP contribution is 2.58. The van der Waals surface area contributed by atoms with Gasteiger partial charge in [-0.15, -0.1) is 0 Å². The third-order valence-electron chi connectivity index (χ3n) is 8.82. The van der Waals surface area contributed by atoms with Gasteiger partial charge >= 0.3 is 0 Å². The second-order valence-corrected chi connectivity index (χ2v) is 11.5. The lowest BCUT2D eigenvalue weighted by Gasteiger charge is -2.34. The molecule has 0 amide bonds. The minimum atomic E-state index is -0.335. The Hall–Kier alpha value is -4.20. The zero-order valence-corrected chi connectivity index (χ0v) is 22.1. The van der Waals surface area contributed by atoms with Crippen LogP contribution in [0.4, 0.5) is 0 Å². The van der Waals surface area contributed by atoms with Crippen molar-refractivity contribution < 1.29 is 0 Å². The van der Waals surface area contributed by atoms with Crippen molar-refractivity contribution in [1.82, 2.24) is 0 Å². The van der Waals surface area contributed by atoms with Crippen molar-refractivity contribution in [2.24, 2.45) is 0 Å². The minimum Gasteiger partial charge on any atom is -0.0619 e. The number of halogens is 1. The normalized spacial score (nSPS) is 16.2. The van der Waals surface area contributed by atoms with Gasteiger partial charge in [0.25, 0.3) is 0 Å². The molecule has 3 aliphatic rings. The largest absolute Gasteiger partial charge is 0.0669 e. The summed E-state index contributed by atoms with van der Waals surface area (Å²) in [4.78, 5) is 0. The number of benzene rings is 6. The molecule has 1 heteroatoms. The molecule has 9 rings (SSSR count). The lowest BCUT2D eigenvalue weighted by Crippen LogP contribution is -2.34. The number of allylic oxidation sites excluding steroid dienone is 4. The maximum absolute atomic E-state index is 3.92. The van der Waals surface area contributed by atoms with Gasteiger partial charge in [0.1, 0.15) is 0 Å². The SMILES string of the molecule is BrC1=CC2(C3=c4cc5c6ccccc6c6ccccc6c5cc4=CC3=C1)c1ccccc1-c1ccccc12. The Morgan fingerprint density at radius 3 is 1.61 bits per heavy atom. The van der Waals surface area contributed by atoms with Crippen LogP contribution in [0.5, 0.6) is 0 Å². The third-order valence-corrected chi connectivity index (χ3v) is 9.28. The fraction of sp³-hybridized carbons (Fsp3) is 0.0270. The topological polar surface area (TPSA) is 0 Å². The van der Waals surface area contributed by atoms with Gasteiger partial charge in [0.2, 0.25) is 0 Å². The summed E-state index contributed by atoms with van der Waals surface area (Å²) >= 11 is 3.92. The zero-order valence-electron chi connectivity index (χ0n) is 20.5. The fourth-order valence-corrected chi connectivity index (χ4v) is 8.01. The van der Waals surface area contributed by atoms with Gasteiger partial charge in [-0.1, -0.05) is 119 Å². The van der Waals surface area contributed by atoms with Gasteiger partial charge in [0.05, 0.1) is 5.41 Å². The summed E-state index contributed by atoms with van der Waals surface area (Å²) in [6, 6.07) is 40.5. The summed E-state index contributed by atoms with van der Waals surface area (Å²) in [7, 11) is 0. The Bertz CT molecular complexity index is 2200. The molecule has 0 saturated carbocycles. The van der Waals surface area contributed by atoms with Gasteiger partial charge in [-0.2, -0.15) is 0 Å². The first kappa shape index (κ1) is 20.8. The van der Waals surface area contributed by atoms with E-state index in [0.717, 1.165) is 4.48 Å². The van der Waals surface area contributed by atoms with Crippen molar-refractivity contribution in [3.63, 3.8) is 0 Å². The highest BCUT2D eigenvalue weighted by molar-refractivity contribution is 9.11. The molecule has 0 atom stereocenters. The van der Waals surface area contributed by atoms with Crippen LogP contribution in [0.15, 0.2) is 131 Å². The van der Waals surface area contributed by atoms with Crippen LogP contribution < -0.4 is 10.4 Å². The van der Waals surface area contributed by atoms with Crippen LogP contribution in [0.3, 0.4) is 0 Å². The average Bonchev–Trinajstić information content (AvgIpc) is 3.46. The Morgan fingerprint density at radius 1 is 0.500 bits per heavy atom. The highest BCUT2D eigenvalue weighted by atomic mass is 79.9. The Labute approximate surface area is 228 Å². The zero-order chi connectivity index (χ0) is 25.0. The molecule has 1 spiro atoms. The van der Waals surface area contributed by atoms with Crippen molar-refractivity contribution in [2.45, 2.75) is 5.41 Å². The molecule has 0 aromatic heterocycles. The second kappa shape index (κ2) is 7.22. The lowest BCUT2D eigenvalue weighted by molar-refractivity contribution is 0.858. The number of fused-ring (bicyclic) bond motifs is 14. The van der Waals surface area contributed by atoms with E-state index < -0.39 is 0 Å². The van der Waals surface area contributed by atoms with Gasteiger partial charge in [-0.05, 0) is 100 Å². The van der Waals surface area contributed by atoms with Crippen LogP contribution in [0, 0.1) is 0 Å². The molecule has 3 aliphatic carbocycles. The molecule has 0 fully saturated rings. The number of rotatable bonds is 0. The predicted molar refractivity (Wildman–Crippen MR) is 164 cm³/mol. The molecule has 0 radical (unpaired) electrons. The highest BCUT2D eigenvalue weighted by Gasteiger charge is 2.47. The molecule has 176 valence electrons. The van der Waals surface area contributed by atoms with Crippen LogP contribution in [0.1, 0.15) is 11.1 Å². The van der Waals surface area contributed by atoms with Crippen molar-refractivity contribution >= 4 is 59.9 Å². The third kappa shape index (κ3) is 2.46. The smallest absolute Gasteiger partial charge is 0.0619 e. The van der Waals surface area contributed by atoms with E-state index in [-0.39, 0.29) is 5.41 Å². The minimum absolute atomic E-state index is 0.335. The van der Waals surface area contributed by atoms with E-state index in [1.165, 1.54) is 76.2 Å². The maximum atomic E-state index is 3.92. The molecule has 0 N–H and O–H groups in total. The summed E-state index contributed by atoms with van der Waals surface area (Å²) in [6.45, 7) is 0. The van der Waals surface area contributed by atoms with Gasteiger partial charge in [0.15, 0.2) is 0 Å². The number of hydrogen-bond acceptors (Lipinski definition) is 0. The fourth-order valence-electron chi connectivity index (χ4n) is 7.42. The van der Waals surface area contributed by atoms with E-state index in [2.05, 4.69) is 143 Å². The molecule has 0 bridgehead atoms. The molecule has 38 heavy (non-hydrogen) atoms. The molecular weight excluding hydrogens is 524 g/mol. The molecule has 0 unspecified atom stereocenters. The summed E-state index contributed by atoms with van der Waals surface area (Å²) in [5, 5.41) is 10.6. The van der Waals surface area contributed by atoms with Gasteiger partial charge in [0, 0.05) is 4.48 Å². The predicted octanol–water partition coefficient (Wildman–Crippen LogP) is 8.28. The van der Waals surface area contributed by atoms with Gasteiger partial charge in [-0.25, -0.2) is 0 Å². The van der Waals surface area contributed by atoms with Crippen LogP contribution in [-0.2, 0) is 5.41 Å².